The highest BCUT2D eigenvalue weighted by Crippen LogP contribution is 2.15. The molecule has 0 saturated carbocycles. The number of hydrogen-bond donors (Lipinski definition) is 3. The molecule has 3 N–H and O–H groups in total. The van der Waals surface area contributed by atoms with E-state index in [2.05, 4.69) is 43.5 Å². The third-order valence-electron chi connectivity index (χ3n) is 9.62. The Morgan fingerprint density at radius 3 is 1.31 bits per heavy atom. The summed E-state index contributed by atoms with van der Waals surface area (Å²) in [6.45, 7) is 4.26. The standard InChI is InChI=1S/C44H83NO3/c1-3-5-7-9-11-13-15-17-19-20-21-22-23-24-25-26-27-29-31-33-35-37-39-43(47)42(41-46)45-44(48)40-38-36-34-32-30-28-18-16-14-12-10-8-6-4-2/h10,12,16,18,37,39,42-43,46-47H,3-9,11,13-15,17,19-36,38,40-41H2,1-2H3,(H,45,48)/b12-10-,18-16-,39-37+. The molecule has 0 aliphatic heterocycles. The number of rotatable bonds is 38. The lowest BCUT2D eigenvalue weighted by atomic mass is 10.0. The first-order valence-electron chi connectivity index (χ1n) is 21.2. The Hall–Kier alpha value is -1.39. The molecule has 4 nitrogen and oxygen atoms in total. The first kappa shape index (κ1) is 46.6. The third-order valence-corrected chi connectivity index (χ3v) is 9.62. The lowest BCUT2D eigenvalue weighted by Crippen LogP contribution is -2.45. The van der Waals surface area contributed by atoms with Gasteiger partial charge in [-0.05, 0) is 44.9 Å². The average Bonchev–Trinajstić information content (AvgIpc) is 3.09. The van der Waals surface area contributed by atoms with Gasteiger partial charge in [-0.3, -0.25) is 4.79 Å². The maximum Gasteiger partial charge on any atom is 0.220 e. The molecule has 0 aromatic rings. The van der Waals surface area contributed by atoms with Crippen molar-refractivity contribution in [1.29, 1.82) is 0 Å². The molecular formula is C44H83NO3. The molecular weight excluding hydrogens is 590 g/mol. The van der Waals surface area contributed by atoms with E-state index in [-0.39, 0.29) is 12.5 Å². The van der Waals surface area contributed by atoms with Crippen LogP contribution in [0.5, 0.6) is 0 Å². The van der Waals surface area contributed by atoms with Crippen LogP contribution in [0.1, 0.15) is 219 Å². The highest BCUT2D eigenvalue weighted by molar-refractivity contribution is 5.76. The third kappa shape index (κ3) is 35.9. The SMILES string of the molecule is CCCC/C=C\C/C=C\CCCCCCCC(=O)NC(CO)C(O)/C=C/CCCCCCCCCCCCCCCCCCCCCC. The van der Waals surface area contributed by atoms with Crippen molar-refractivity contribution < 1.29 is 15.0 Å². The molecule has 0 radical (unpaired) electrons. The number of allylic oxidation sites excluding steroid dienone is 5. The van der Waals surface area contributed by atoms with Gasteiger partial charge in [-0.2, -0.15) is 0 Å². The summed E-state index contributed by atoms with van der Waals surface area (Å²) in [5.74, 6) is -0.0782. The second kappa shape index (κ2) is 40.0. The van der Waals surface area contributed by atoms with Crippen LogP contribution in [0.3, 0.4) is 0 Å². The lowest BCUT2D eigenvalue weighted by Gasteiger charge is -2.20. The summed E-state index contributed by atoms with van der Waals surface area (Å²) < 4.78 is 0. The van der Waals surface area contributed by atoms with Gasteiger partial charge >= 0.3 is 0 Å². The van der Waals surface area contributed by atoms with E-state index >= 15 is 0 Å². The first-order valence-corrected chi connectivity index (χ1v) is 21.2. The molecule has 0 aromatic carbocycles. The highest BCUT2D eigenvalue weighted by atomic mass is 16.3. The van der Waals surface area contributed by atoms with Gasteiger partial charge < -0.3 is 15.5 Å². The van der Waals surface area contributed by atoms with E-state index in [1.165, 1.54) is 154 Å². The van der Waals surface area contributed by atoms with E-state index in [1.807, 2.05) is 6.08 Å². The number of amides is 1. The molecule has 282 valence electrons. The Morgan fingerprint density at radius 2 is 0.875 bits per heavy atom. The van der Waals surface area contributed by atoms with E-state index in [9.17, 15) is 15.0 Å². The van der Waals surface area contributed by atoms with Crippen molar-refractivity contribution in [2.75, 3.05) is 6.61 Å². The Morgan fingerprint density at radius 1 is 0.500 bits per heavy atom. The van der Waals surface area contributed by atoms with Crippen LogP contribution in [0.2, 0.25) is 0 Å². The van der Waals surface area contributed by atoms with E-state index < -0.39 is 12.1 Å². The molecule has 2 unspecified atom stereocenters. The monoisotopic (exact) mass is 674 g/mol. The summed E-state index contributed by atoms with van der Waals surface area (Å²) in [5, 5.41) is 23.0. The van der Waals surface area contributed by atoms with E-state index in [1.54, 1.807) is 6.08 Å². The van der Waals surface area contributed by atoms with Crippen LogP contribution in [0, 0.1) is 0 Å². The number of carbonyl (C=O) groups excluding carboxylic acids is 1. The van der Waals surface area contributed by atoms with Crippen molar-refractivity contribution in [3.05, 3.63) is 36.5 Å². The number of aliphatic hydroxyl groups is 2. The summed E-state index contributed by atoms with van der Waals surface area (Å²) in [5.41, 5.74) is 0. The van der Waals surface area contributed by atoms with Crippen molar-refractivity contribution in [1.82, 2.24) is 5.32 Å². The maximum absolute atomic E-state index is 12.3. The molecule has 0 aliphatic rings. The molecule has 0 aromatic heterocycles. The van der Waals surface area contributed by atoms with Crippen LogP contribution >= 0.6 is 0 Å². The molecule has 0 heterocycles. The van der Waals surface area contributed by atoms with Gasteiger partial charge in [0.25, 0.3) is 0 Å². The summed E-state index contributed by atoms with van der Waals surface area (Å²) in [7, 11) is 0. The molecule has 0 aliphatic carbocycles. The van der Waals surface area contributed by atoms with Crippen molar-refractivity contribution in [2.45, 2.75) is 231 Å². The van der Waals surface area contributed by atoms with Crippen LogP contribution in [-0.4, -0.2) is 34.9 Å². The predicted octanol–water partition coefficient (Wildman–Crippen LogP) is 13.0. The van der Waals surface area contributed by atoms with Gasteiger partial charge in [-0.15, -0.1) is 0 Å². The van der Waals surface area contributed by atoms with Crippen molar-refractivity contribution in [3.8, 4) is 0 Å². The zero-order valence-electron chi connectivity index (χ0n) is 32.3. The quantitative estimate of drug-likeness (QED) is 0.0451. The fourth-order valence-electron chi connectivity index (χ4n) is 6.31. The Bertz CT molecular complexity index is 731. The normalized spacial score (nSPS) is 13.3. The Labute approximate surface area is 300 Å². The Balaban J connectivity index is 3.57. The summed E-state index contributed by atoms with van der Waals surface area (Å²) >= 11 is 0. The number of nitrogens with one attached hydrogen (secondary N) is 1. The zero-order valence-corrected chi connectivity index (χ0v) is 32.3. The number of aliphatic hydroxyl groups excluding tert-OH is 2. The maximum atomic E-state index is 12.3. The van der Waals surface area contributed by atoms with Crippen LogP contribution in [0.25, 0.3) is 0 Å². The van der Waals surface area contributed by atoms with Gasteiger partial charge in [-0.1, -0.05) is 204 Å². The highest BCUT2D eigenvalue weighted by Gasteiger charge is 2.17. The minimum atomic E-state index is -0.844. The van der Waals surface area contributed by atoms with Crippen molar-refractivity contribution in [2.24, 2.45) is 0 Å². The minimum absolute atomic E-state index is 0.0782. The lowest BCUT2D eigenvalue weighted by molar-refractivity contribution is -0.123. The number of hydrogen-bond acceptors (Lipinski definition) is 3. The largest absolute Gasteiger partial charge is 0.394 e. The molecule has 1 amide bonds. The van der Waals surface area contributed by atoms with Crippen LogP contribution in [0.15, 0.2) is 36.5 Å². The molecule has 0 fully saturated rings. The van der Waals surface area contributed by atoms with Crippen molar-refractivity contribution in [3.63, 3.8) is 0 Å². The van der Waals surface area contributed by atoms with E-state index in [4.69, 9.17) is 0 Å². The fraction of sp³-hybridized carbons (Fsp3) is 0.841. The predicted molar refractivity (Wildman–Crippen MR) is 212 cm³/mol. The van der Waals surface area contributed by atoms with Crippen LogP contribution in [-0.2, 0) is 4.79 Å². The average molecular weight is 674 g/mol. The topological polar surface area (TPSA) is 69.6 Å². The van der Waals surface area contributed by atoms with Crippen LogP contribution < -0.4 is 5.32 Å². The number of carbonyl (C=O) groups is 1. The van der Waals surface area contributed by atoms with E-state index in [0.717, 1.165) is 44.9 Å². The summed E-state index contributed by atoms with van der Waals surface area (Å²) in [6.07, 6.45) is 52.5. The molecule has 0 rings (SSSR count). The second-order valence-electron chi connectivity index (χ2n) is 14.4. The summed E-state index contributed by atoms with van der Waals surface area (Å²) in [6, 6.07) is -0.628. The van der Waals surface area contributed by atoms with Gasteiger partial charge in [0.1, 0.15) is 0 Å². The van der Waals surface area contributed by atoms with Gasteiger partial charge in [0.15, 0.2) is 0 Å². The smallest absolute Gasteiger partial charge is 0.220 e. The fourth-order valence-corrected chi connectivity index (χ4v) is 6.31. The van der Waals surface area contributed by atoms with E-state index in [0.29, 0.717) is 6.42 Å². The first-order chi connectivity index (χ1) is 23.7. The molecule has 0 bridgehead atoms. The zero-order chi connectivity index (χ0) is 35.0. The Kier molecular flexibility index (Phi) is 38.9. The van der Waals surface area contributed by atoms with Gasteiger partial charge in [-0.25, -0.2) is 0 Å². The van der Waals surface area contributed by atoms with Gasteiger partial charge in [0, 0.05) is 6.42 Å². The van der Waals surface area contributed by atoms with Gasteiger partial charge in [0.2, 0.25) is 5.91 Å². The molecule has 0 saturated heterocycles. The molecule has 2 atom stereocenters. The second-order valence-corrected chi connectivity index (χ2v) is 14.4. The molecule has 48 heavy (non-hydrogen) atoms. The van der Waals surface area contributed by atoms with Crippen molar-refractivity contribution >= 4 is 5.91 Å². The molecule has 0 spiro atoms. The summed E-state index contributed by atoms with van der Waals surface area (Å²) in [4.78, 5) is 12.3. The van der Waals surface area contributed by atoms with Gasteiger partial charge in [0.05, 0.1) is 18.8 Å². The number of unbranched alkanes of at least 4 members (excludes halogenated alkanes) is 27. The molecule has 4 heteroatoms. The minimum Gasteiger partial charge on any atom is -0.394 e. The van der Waals surface area contributed by atoms with Crippen LogP contribution in [0.4, 0.5) is 0 Å².